The fourth-order valence-electron chi connectivity index (χ4n) is 3.67. The summed E-state index contributed by atoms with van der Waals surface area (Å²) in [5.41, 5.74) is 2.34. The molecule has 1 N–H and O–H groups in total. The average molecular weight is 331 g/mol. The topological polar surface area (TPSA) is 54.5 Å². The average Bonchev–Trinajstić information content (AvgIpc) is 2.63. The van der Waals surface area contributed by atoms with Gasteiger partial charge in [-0.15, -0.1) is 0 Å². The number of pyridine rings is 1. The lowest BCUT2D eigenvalue weighted by Crippen LogP contribution is -2.42. The van der Waals surface area contributed by atoms with Crippen LogP contribution in [0.1, 0.15) is 43.0 Å². The first-order valence-electron chi connectivity index (χ1n) is 9.24. The van der Waals surface area contributed by atoms with Crippen LogP contribution in [0.3, 0.4) is 0 Å². The second-order valence-electron chi connectivity index (χ2n) is 7.02. The lowest BCUT2D eigenvalue weighted by Gasteiger charge is -2.32. The number of carbonyl (C=O) groups is 1. The van der Waals surface area contributed by atoms with Crippen molar-refractivity contribution in [1.29, 1.82) is 0 Å². The third-order valence-corrected chi connectivity index (χ3v) is 5.17. The molecule has 0 radical (unpaired) electrons. The van der Waals surface area contributed by atoms with Crippen LogP contribution in [0.25, 0.3) is 0 Å². The van der Waals surface area contributed by atoms with Gasteiger partial charge in [0.25, 0.3) is 0 Å². The first-order valence-corrected chi connectivity index (χ1v) is 9.24. The summed E-state index contributed by atoms with van der Waals surface area (Å²) in [6.45, 7) is 7.29. The number of nitrogens with zero attached hydrogens (tertiary/aromatic N) is 2. The minimum Gasteiger partial charge on any atom is -0.381 e. The fourth-order valence-corrected chi connectivity index (χ4v) is 3.67. The molecule has 2 aliphatic heterocycles. The second kappa shape index (κ2) is 8.58. The SMILES string of the molecule is Cc1cccc(C2CCN(CCNC(=O)C3CCCOC3)CC2)n1. The number of piperidine rings is 1. The third kappa shape index (κ3) is 4.77. The van der Waals surface area contributed by atoms with Crippen molar-refractivity contribution >= 4 is 5.91 Å². The van der Waals surface area contributed by atoms with Gasteiger partial charge >= 0.3 is 0 Å². The van der Waals surface area contributed by atoms with Crippen LogP contribution in [0, 0.1) is 12.8 Å². The third-order valence-electron chi connectivity index (χ3n) is 5.17. The number of hydrogen-bond donors (Lipinski definition) is 1. The molecule has 2 aliphatic rings. The molecule has 0 saturated carbocycles. The quantitative estimate of drug-likeness (QED) is 0.898. The van der Waals surface area contributed by atoms with Crippen LogP contribution in [-0.4, -0.2) is 55.2 Å². The number of carbonyl (C=O) groups excluding carboxylic acids is 1. The Morgan fingerprint density at radius 2 is 2.17 bits per heavy atom. The summed E-state index contributed by atoms with van der Waals surface area (Å²) in [5.74, 6) is 0.792. The summed E-state index contributed by atoms with van der Waals surface area (Å²) in [5, 5.41) is 3.08. The molecule has 2 saturated heterocycles. The van der Waals surface area contributed by atoms with Crippen molar-refractivity contribution in [2.45, 2.75) is 38.5 Å². The van der Waals surface area contributed by atoms with Crippen molar-refractivity contribution in [2.24, 2.45) is 5.92 Å². The smallest absolute Gasteiger partial charge is 0.225 e. The number of ether oxygens (including phenoxy) is 1. The molecule has 0 bridgehead atoms. The molecule has 132 valence electrons. The first kappa shape index (κ1) is 17.4. The van der Waals surface area contributed by atoms with Crippen molar-refractivity contribution in [3.63, 3.8) is 0 Å². The highest BCUT2D eigenvalue weighted by molar-refractivity contribution is 5.78. The van der Waals surface area contributed by atoms with E-state index in [9.17, 15) is 4.79 Å². The molecule has 1 amide bonds. The van der Waals surface area contributed by atoms with Gasteiger partial charge in [0.1, 0.15) is 0 Å². The molecule has 0 spiro atoms. The molecular weight excluding hydrogens is 302 g/mol. The number of amides is 1. The van der Waals surface area contributed by atoms with Crippen LogP contribution in [0.15, 0.2) is 18.2 Å². The Labute approximate surface area is 144 Å². The van der Waals surface area contributed by atoms with Gasteiger partial charge in [0.15, 0.2) is 0 Å². The van der Waals surface area contributed by atoms with E-state index < -0.39 is 0 Å². The monoisotopic (exact) mass is 331 g/mol. The Balaban J connectivity index is 1.36. The van der Waals surface area contributed by atoms with Crippen molar-refractivity contribution in [2.75, 3.05) is 39.4 Å². The Kier molecular flexibility index (Phi) is 6.21. The lowest BCUT2D eigenvalue weighted by atomic mass is 9.93. The molecule has 3 heterocycles. The molecule has 2 fully saturated rings. The van der Waals surface area contributed by atoms with E-state index in [-0.39, 0.29) is 11.8 Å². The summed E-state index contributed by atoms with van der Waals surface area (Å²) in [7, 11) is 0. The van der Waals surface area contributed by atoms with Gasteiger partial charge in [0, 0.05) is 37.0 Å². The number of likely N-dealkylation sites (tertiary alicyclic amines) is 1. The minimum atomic E-state index is 0.0527. The largest absolute Gasteiger partial charge is 0.381 e. The summed E-state index contributed by atoms with van der Waals surface area (Å²) >= 11 is 0. The Bertz CT molecular complexity index is 535. The highest BCUT2D eigenvalue weighted by Gasteiger charge is 2.23. The highest BCUT2D eigenvalue weighted by Crippen LogP contribution is 2.26. The van der Waals surface area contributed by atoms with Crippen molar-refractivity contribution in [3.8, 4) is 0 Å². The zero-order valence-electron chi connectivity index (χ0n) is 14.7. The molecule has 1 unspecified atom stereocenters. The van der Waals surface area contributed by atoms with Crippen LogP contribution in [-0.2, 0) is 9.53 Å². The van der Waals surface area contributed by atoms with Crippen molar-refractivity contribution in [1.82, 2.24) is 15.2 Å². The zero-order valence-corrected chi connectivity index (χ0v) is 14.7. The zero-order chi connectivity index (χ0) is 16.8. The van der Waals surface area contributed by atoms with E-state index in [0.717, 1.165) is 64.2 Å². The van der Waals surface area contributed by atoms with Gasteiger partial charge in [0.05, 0.1) is 12.5 Å². The van der Waals surface area contributed by atoms with Crippen LogP contribution in [0.2, 0.25) is 0 Å². The van der Waals surface area contributed by atoms with Crippen LogP contribution < -0.4 is 5.32 Å². The van der Waals surface area contributed by atoms with Gasteiger partial charge in [-0.2, -0.15) is 0 Å². The number of hydrogen-bond acceptors (Lipinski definition) is 4. The van der Waals surface area contributed by atoms with Crippen LogP contribution >= 0.6 is 0 Å². The molecule has 5 heteroatoms. The van der Waals surface area contributed by atoms with E-state index in [1.165, 1.54) is 5.69 Å². The van der Waals surface area contributed by atoms with Crippen molar-refractivity contribution < 1.29 is 9.53 Å². The maximum absolute atomic E-state index is 12.1. The molecular formula is C19H29N3O2. The Hall–Kier alpha value is -1.46. The fraction of sp³-hybridized carbons (Fsp3) is 0.684. The normalized spacial score (nSPS) is 23.1. The summed E-state index contributed by atoms with van der Waals surface area (Å²) in [4.78, 5) is 19.2. The Morgan fingerprint density at radius 3 is 2.88 bits per heavy atom. The maximum atomic E-state index is 12.1. The number of rotatable bonds is 5. The lowest BCUT2D eigenvalue weighted by molar-refractivity contribution is -0.129. The van der Waals surface area contributed by atoms with Crippen LogP contribution in [0.5, 0.6) is 0 Å². The van der Waals surface area contributed by atoms with Gasteiger partial charge in [-0.1, -0.05) is 6.07 Å². The number of nitrogens with one attached hydrogen (secondary N) is 1. The van der Waals surface area contributed by atoms with Gasteiger partial charge in [-0.3, -0.25) is 9.78 Å². The molecule has 5 nitrogen and oxygen atoms in total. The molecule has 0 aliphatic carbocycles. The molecule has 1 aromatic heterocycles. The van der Waals surface area contributed by atoms with E-state index in [1.807, 2.05) is 0 Å². The van der Waals surface area contributed by atoms with Gasteiger partial charge in [-0.05, 0) is 57.8 Å². The predicted molar refractivity (Wildman–Crippen MR) is 93.9 cm³/mol. The van der Waals surface area contributed by atoms with E-state index >= 15 is 0 Å². The standard InChI is InChI=1S/C19H29N3O2/c1-15-4-2-6-18(21-15)16-7-10-22(11-8-16)12-9-20-19(23)17-5-3-13-24-14-17/h2,4,6,16-17H,3,5,7-14H2,1H3,(H,20,23). The van der Waals surface area contributed by atoms with E-state index in [2.05, 4.69) is 40.3 Å². The summed E-state index contributed by atoms with van der Waals surface area (Å²) < 4.78 is 5.38. The second-order valence-corrected chi connectivity index (χ2v) is 7.02. The van der Waals surface area contributed by atoms with E-state index in [4.69, 9.17) is 4.74 Å². The van der Waals surface area contributed by atoms with Gasteiger partial charge in [-0.25, -0.2) is 0 Å². The predicted octanol–water partition coefficient (Wildman–Crippen LogP) is 2.11. The Morgan fingerprint density at radius 1 is 1.33 bits per heavy atom. The molecule has 1 aromatic rings. The summed E-state index contributed by atoms with van der Waals surface area (Å²) in [6.07, 6.45) is 4.26. The van der Waals surface area contributed by atoms with Crippen molar-refractivity contribution in [3.05, 3.63) is 29.6 Å². The van der Waals surface area contributed by atoms with E-state index in [1.54, 1.807) is 0 Å². The van der Waals surface area contributed by atoms with Crippen LogP contribution in [0.4, 0.5) is 0 Å². The maximum Gasteiger partial charge on any atom is 0.225 e. The molecule has 24 heavy (non-hydrogen) atoms. The first-order chi connectivity index (χ1) is 11.7. The molecule has 0 aromatic carbocycles. The molecule has 3 rings (SSSR count). The number of aromatic nitrogens is 1. The summed E-state index contributed by atoms with van der Waals surface area (Å²) in [6, 6.07) is 6.31. The number of aryl methyl sites for hydroxylation is 1. The van der Waals surface area contributed by atoms with E-state index in [0.29, 0.717) is 12.5 Å². The van der Waals surface area contributed by atoms with Gasteiger partial charge < -0.3 is 15.0 Å². The minimum absolute atomic E-state index is 0.0527. The van der Waals surface area contributed by atoms with Gasteiger partial charge in [0.2, 0.25) is 5.91 Å². The molecule has 1 atom stereocenters. The highest BCUT2D eigenvalue weighted by atomic mass is 16.5.